The van der Waals surface area contributed by atoms with Crippen LogP contribution in [-0.4, -0.2) is 11.1 Å². The van der Waals surface area contributed by atoms with Crippen LogP contribution in [0.4, 0.5) is 5.69 Å². The maximum absolute atomic E-state index is 11.2. The van der Waals surface area contributed by atoms with Crippen molar-refractivity contribution in [1.82, 2.24) is 0 Å². The van der Waals surface area contributed by atoms with E-state index in [0.717, 1.165) is 4.90 Å². The second-order valence-corrected chi connectivity index (χ2v) is 5.67. The smallest absolute Gasteiger partial charge is 0.336 e. The van der Waals surface area contributed by atoms with Gasteiger partial charge in [-0.1, -0.05) is 35.0 Å². The van der Waals surface area contributed by atoms with Crippen molar-refractivity contribution in [3.8, 4) is 0 Å². The lowest BCUT2D eigenvalue weighted by atomic mass is 10.2. The van der Waals surface area contributed by atoms with Crippen molar-refractivity contribution in [2.45, 2.75) is 9.79 Å². The van der Waals surface area contributed by atoms with E-state index in [-0.39, 0.29) is 5.56 Å². The number of carboxylic acid groups (broad SMARTS) is 1. The molecule has 0 spiro atoms. The first-order valence-corrected chi connectivity index (χ1v) is 6.80. The van der Waals surface area contributed by atoms with Gasteiger partial charge in [0.05, 0.1) is 10.6 Å². The van der Waals surface area contributed by atoms with Gasteiger partial charge in [0.25, 0.3) is 0 Å². The van der Waals surface area contributed by atoms with Crippen molar-refractivity contribution in [2.24, 2.45) is 0 Å². The first-order valence-electron chi connectivity index (χ1n) is 5.23. The molecule has 0 unspecified atom stereocenters. The number of halogens is 2. The number of benzene rings is 2. The van der Waals surface area contributed by atoms with Crippen LogP contribution in [0, 0.1) is 0 Å². The Labute approximate surface area is 124 Å². The highest BCUT2D eigenvalue weighted by atomic mass is 35.5. The fourth-order valence-electron chi connectivity index (χ4n) is 1.50. The van der Waals surface area contributed by atoms with Crippen molar-refractivity contribution >= 4 is 46.6 Å². The summed E-state index contributed by atoms with van der Waals surface area (Å²) in [6.45, 7) is 0. The Morgan fingerprint density at radius 1 is 1.16 bits per heavy atom. The van der Waals surface area contributed by atoms with E-state index in [4.69, 9.17) is 28.9 Å². The zero-order chi connectivity index (χ0) is 14.0. The van der Waals surface area contributed by atoms with Crippen LogP contribution in [0.5, 0.6) is 0 Å². The first-order chi connectivity index (χ1) is 8.97. The number of aromatic carboxylic acids is 1. The van der Waals surface area contributed by atoms with Gasteiger partial charge in [0.15, 0.2) is 0 Å². The summed E-state index contributed by atoms with van der Waals surface area (Å²) >= 11 is 13.1. The molecule has 0 fully saturated rings. The molecule has 98 valence electrons. The topological polar surface area (TPSA) is 63.3 Å². The third-order valence-electron chi connectivity index (χ3n) is 2.33. The number of nitrogen functional groups attached to an aromatic ring is 1. The number of hydrogen-bond acceptors (Lipinski definition) is 3. The summed E-state index contributed by atoms with van der Waals surface area (Å²) in [5.41, 5.74) is 6.01. The van der Waals surface area contributed by atoms with Gasteiger partial charge in [-0.25, -0.2) is 4.79 Å². The second-order valence-electron chi connectivity index (χ2n) is 3.74. The van der Waals surface area contributed by atoms with E-state index in [1.807, 2.05) is 0 Å². The molecule has 2 aromatic rings. The Hall–Kier alpha value is -1.36. The molecule has 0 aliphatic heterocycles. The largest absolute Gasteiger partial charge is 0.478 e. The zero-order valence-electron chi connectivity index (χ0n) is 9.56. The van der Waals surface area contributed by atoms with Crippen molar-refractivity contribution < 1.29 is 9.90 Å². The summed E-state index contributed by atoms with van der Waals surface area (Å²) in [6, 6.07) is 9.99. The molecule has 0 radical (unpaired) electrons. The lowest BCUT2D eigenvalue weighted by molar-refractivity contribution is 0.0693. The molecular weight excluding hydrogens is 305 g/mol. The summed E-state index contributed by atoms with van der Waals surface area (Å²) in [7, 11) is 0. The fourth-order valence-corrected chi connectivity index (χ4v) is 2.89. The molecule has 2 rings (SSSR count). The molecule has 0 saturated carbocycles. The molecule has 6 heteroatoms. The number of nitrogens with two attached hydrogens (primary N) is 1. The Morgan fingerprint density at radius 2 is 1.79 bits per heavy atom. The molecule has 3 nitrogen and oxygen atoms in total. The van der Waals surface area contributed by atoms with Crippen LogP contribution in [0.2, 0.25) is 10.0 Å². The van der Waals surface area contributed by atoms with Gasteiger partial charge < -0.3 is 10.8 Å². The van der Waals surface area contributed by atoms with Gasteiger partial charge in [0.1, 0.15) is 0 Å². The van der Waals surface area contributed by atoms with Crippen LogP contribution >= 0.6 is 35.0 Å². The van der Waals surface area contributed by atoms with Crippen molar-refractivity contribution in [3.63, 3.8) is 0 Å². The van der Waals surface area contributed by atoms with E-state index in [2.05, 4.69) is 0 Å². The highest BCUT2D eigenvalue weighted by Crippen LogP contribution is 2.37. The Kier molecular flexibility index (Phi) is 4.24. The van der Waals surface area contributed by atoms with Crippen LogP contribution in [0.25, 0.3) is 0 Å². The molecule has 3 N–H and O–H groups in total. The fraction of sp³-hybridized carbons (Fsp3) is 0. The van der Waals surface area contributed by atoms with E-state index in [1.165, 1.54) is 23.9 Å². The van der Waals surface area contributed by atoms with Crippen LogP contribution in [0.3, 0.4) is 0 Å². The predicted octanol–water partition coefficient (Wildman–Crippen LogP) is 4.43. The standard InChI is InChI=1S/C13H9Cl2NO2S/c14-7-1-3-9(4-2-7)19-12-10(13(17)18)5-8(16)6-11(12)15/h1-6H,16H2,(H,17,18). The van der Waals surface area contributed by atoms with Crippen LogP contribution in [-0.2, 0) is 0 Å². The molecule has 0 bridgehead atoms. The first kappa shape index (κ1) is 14.1. The number of carboxylic acids is 1. The second kappa shape index (κ2) is 5.74. The number of anilines is 1. The van der Waals surface area contributed by atoms with Crippen LogP contribution in [0.1, 0.15) is 10.4 Å². The molecule has 0 heterocycles. The molecule has 0 aromatic heterocycles. The van der Waals surface area contributed by atoms with Gasteiger partial charge in [0.2, 0.25) is 0 Å². The molecule has 2 aromatic carbocycles. The van der Waals surface area contributed by atoms with Crippen molar-refractivity contribution in [1.29, 1.82) is 0 Å². The van der Waals surface area contributed by atoms with E-state index in [1.54, 1.807) is 24.3 Å². The highest BCUT2D eigenvalue weighted by molar-refractivity contribution is 7.99. The van der Waals surface area contributed by atoms with Crippen molar-refractivity contribution in [3.05, 3.63) is 52.0 Å². The number of carbonyl (C=O) groups is 1. The van der Waals surface area contributed by atoms with Gasteiger partial charge >= 0.3 is 5.97 Å². The van der Waals surface area contributed by atoms with Crippen LogP contribution in [0.15, 0.2) is 46.2 Å². The van der Waals surface area contributed by atoms with E-state index < -0.39 is 5.97 Å². The average Bonchev–Trinajstić information content (AvgIpc) is 2.34. The Morgan fingerprint density at radius 3 is 2.37 bits per heavy atom. The summed E-state index contributed by atoms with van der Waals surface area (Å²) in [4.78, 5) is 12.5. The number of rotatable bonds is 3. The normalized spacial score (nSPS) is 10.4. The van der Waals surface area contributed by atoms with Crippen LogP contribution < -0.4 is 5.73 Å². The maximum Gasteiger partial charge on any atom is 0.336 e. The molecule has 0 aliphatic rings. The lowest BCUT2D eigenvalue weighted by Crippen LogP contribution is -2.01. The highest BCUT2D eigenvalue weighted by Gasteiger charge is 2.16. The Bertz CT molecular complexity index is 629. The summed E-state index contributed by atoms with van der Waals surface area (Å²) < 4.78 is 0. The third kappa shape index (κ3) is 3.35. The summed E-state index contributed by atoms with van der Waals surface area (Å²) in [5.74, 6) is -1.06. The van der Waals surface area contributed by atoms with Gasteiger partial charge in [-0.2, -0.15) is 0 Å². The molecule has 0 aliphatic carbocycles. The van der Waals surface area contributed by atoms with Gasteiger partial charge in [-0.15, -0.1) is 0 Å². The minimum absolute atomic E-state index is 0.0879. The minimum atomic E-state index is -1.06. The van der Waals surface area contributed by atoms with Gasteiger partial charge in [0, 0.05) is 20.5 Å². The number of hydrogen-bond donors (Lipinski definition) is 2. The predicted molar refractivity (Wildman–Crippen MR) is 78.4 cm³/mol. The van der Waals surface area contributed by atoms with E-state index in [9.17, 15) is 9.90 Å². The molecule has 0 atom stereocenters. The monoisotopic (exact) mass is 313 g/mol. The van der Waals surface area contributed by atoms with Gasteiger partial charge in [-0.3, -0.25) is 0 Å². The minimum Gasteiger partial charge on any atom is -0.478 e. The quantitative estimate of drug-likeness (QED) is 0.823. The molecule has 19 heavy (non-hydrogen) atoms. The van der Waals surface area contributed by atoms with E-state index >= 15 is 0 Å². The molecule has 0 amide bonds. The average molecular weight is 314 g/mol. The Balaban J connectivity index is 2.44. The SMILES string of the molecule is Nc1cc(Cl)c(Sc2ccc(Cl)cc2)c(C(=O)O)c1. The molecular formula is C13H9Cl2NO2S. The van der Waals surface area contributed by atoms with Crippen molar-refractivity contribution in [2.75, 3.05) is 5.73 Å². The van der Waals surface area contributed by atoms with Gasteiger partial charge in [-0.05, 0) is 36.4 Å². The third-order valence-corrected chi connectivity index (χ3v) is 4.14. The lowest BCUT2D eigenvalue weighted by Gasteiger charge is -2.09. The van der Waals surface area contributed by atoms with E-state index in [0.29, 0.717) is 20.6 Å². The molecule has 0 saturated heterocycles. The maximum atomic E-state index is 11.2. The summed E-state index contributed by atoms with van der Waals surface area (Å²) in [6.07, 6.45) is 0. The summed E-state index contributed by atoms with van der Waals surface area (Å²) in [5, 5.41) is 10.1. The zero-order valence-corrected chi connectivity index (χ0v) is 11.9.